The molecule has 2 aromatic heterocycles. The molecule has 0 unspecified atom stereocenters. The van der Waals surface area contributed by atoms with E-state index < -0.39 is 0 Å². The van der Waals surface area contributed by atoms with Crippen molar-refractivity contribution < 1.29 is 4.79 Å². The number of pyridine rings is 1. The summed E-state index contributed by atoms with van der Waals surface area (Å²) in [5, 5.41) is 5.95. The van der Waals surface area contributed by atoms with Gasteiger partial charge in [0.25, 0.3) is 0 Å². The summed E-state index contributed by atoms with van der Waals surface area (Å²) in [6, 6.07) is 11.9. The lowest BCUT2D eigenvalue weighted by atomic mass is 10.2. The molecule has 5 nitrogen and oxygen atoms in total. The minimum absolute atomic E-state index is 0.00579. The molecule has 6 heteroatoms. The van der Waals surface area contributed by atoms with Gasteiger partial charge in [-0.3, -0.25) is 9.78 Å². The first-order valence-corrected chi connectivity index (χ1v) is 10.1. The number of benzene rings is 1. The number of nitrogens with zero attached hydrogens (tertiary/aromatic N) is 3. The largest absolute Gasteiger partial charge is 0.372 e. The average Bonchev–Trinajstić information content (AvgIpc) is 3.18. The van der Waals surface area contributed by atoms with Crippen LogP contribution in [0.25, 0.3) is 11.3 Å². The molecular formula is C21H24N4OS. The zero-order valence-electron chi connectivity index (χ0n) is 15.7. The molecule has 140 valence electrons. The van der Waals surface area contributed by atoms with E-state index in [-0.39, 0.29) is 5.91 Å². The lowest BCUT2D eigenvalue weighted by Gasteiger charge is -2.21. The van der Waals surface area contributed by atoms with Gasteiger partial charge in [-0.2, -0.15) is 0 Å². The summed E-state index contributed by atoms with van der Waals surface area (Å²) in [5.41, 5.74) is 3.98. The minimum Gasteiger partial charge on any atom is -0.372 e. The third-order valence-electron chi connectivity index (χ3n) is 4.37. The third-order valence-corrected chi connectivity index (χ3v) is 5.28. The van der Waals surface area contributed by atoms with Crippen LogP contribution in [0.5, 0.6) is 0 Å². The number of aryl methyl sites for hydroxylation is 1. The molecule has 3 rings (SSSR count). The van der Waals surface area contributed by atoms with Gasteiger partial charge in [0.2, 0.25) is 5.91 Å². The lowest BCUT2D eigenvalue weighted by Crippen LogP contribution is -2.21. The van der Waals surface area contributed by atoms with Crippen molar-refractivity contribution in [1.29, 1.82) is 0 Å². The molecule has 1 N–H and O–H groups in total. The van der Waals surface area contributed by atoms with E-state index in [2.05, 4.69) is 34.0 Å². The molecule has 0 saturated heterocycles. The Morgan fingerprint density at radius 3 is 2.44 bits per heavy atom. The first-order chi connectivity index (χ1) is 13.2. The van der Waals surface area contributed by atoms with Crippen LogP contribution in [0.15, 0.2) is 54.2 Å². The van der Waals surface area contributed by atoms with Crippen LogP contribution in [0.2, 0.25) is 0 Å². The Hall–Kier alpha value is -2.73. The topological polar surface area (TPSA) is 58.1 Å². The first kappa shape index (κ1) is 19.0. The standard InChI is InChI=1S/C21H24N4OS/c1-3-25(4-2)18-7-5-17(6-8-18)23-20(26)9-10-21-24-19(15-27-21)16-11-13-22-14-12-16/h5-8,11-15H,3-4,9-10H2,1-2H3,(H,23,26). The zero-order valence-corrected chi connectivity index (χ0v) is 16.5. The molecule has 0 aliphatic heterocycles. The quantitative estimate of drug-likeness (QED) is 0.619. The van der Waals surface area contributed by atoms with Crippen molar-refractivity contribution in [2.45, 2.75) is 26.7 Å². The molecule has 0 bridgehead atoms. The van der Waals surface area contributed by atoms with Crippen molar-refractivity contribution in [3.8, 4) is 11.3 Å². The molecule has 0 radical (unpaired) electrons. The maximum absolute atomic E-state index is 12.2. The lowest BCUT2D eigenvalue weighted by molar-refractivity contribution is -0.116. The summed E-state index contributed by atoms with van der Waals surface area (Å²) >= 11 is 1.59. The van der Waals surface area contributed by atoms with Gasteiger partial charge in [0.1, 0.15) is 0 Å². The molecular weight excluding hydrogens is 356 g/mol. The molecule has 1 amide bonds. The summed E-state index contributed by atoms with van der Waals surface area (Å²) in [4.78, 5) is 23.1. The first-order valence-electron chi connectivity index (χ1n) is 9.19. The Labute approximate surface area is 164 Å². The normalized spacial score (nSPS) is 10.6. The monoisotopic (exact) mass is 380 g/mol. The summed E-state index contributed by atoms with van der Waals surface area (Å²) in [7, 11) is 0. The van der Waals surface area contributed by atoms with E-state index in [1.807, 2.05) is 41.8 Å². The van der Waals surface area contributed by atoms with Crippen LogP contribution in [-0.2, 0) is 11.2 Å². The third kappa shape index (κ3) is 5.14. The van der Waals surface area contributed by atoms with Crippen LogP contribution < -0.4 is 10.2 Å². The molecule has 0 aliphatic carbocycles. The van der Waals surface area contributed by atoms with Crippen LogP contribution >= 0.6 is 11.3 Å². The molecule has 1 aromatic carbocycles. The number of carbonyl (C=O) groups is 1. The highest BCUT2D eigenvalue weighted by Gasteiger charge is 2.08. The van der Waals surface area contributed by atoms with Crippen molar-refractivity contribution >= 4 is 28.6 Å². The van der Waals surface area contributed by atoms with E-state index >= 15 is 0 Å². The summed E-state index contributed by atoms with van der Waals surface area (Å²) in [6.45, 7) is 6.21. The number of thiazole rings is 1. The molecule has 3 aromatic rings. The number of carbonyl (C=O) groups excluding carboxylic acids is 1. The van der Waals surface area contributed by atoms with Gasteiger partial charge in [0.15, 0.2) is 0 Å². The van der Waals surface area contributed by atoms with E-state index in [9.17, 15) is 4.79 Å². The van der Waals surface area contributed by atoms with Crippen molar-refractivity contribution in [2.24, 2.45) is 0 Å². The zero-order chi connectivity index (χ0) is 19.1. The maximum Gasteiger partial charge on any atom is 0.224 e. The van der Waals surface area contributed by atoms with Gasteiger partial charge in [-0.15, -0.1) is 11.3 Å². The van der Waals surface area contributed by atoms with E-state index in [0.29, 0.717) is 12.8 Å². The highest BCUT2D eigenvalue weighted by molar-refractivity contribution is 7.09. The SMILES string of the molecule is CCN(CC)c1ccc(NC(=O)CCc2nc(-c3ccncc3)cs2)cc1. The van der Waals surface area contributed by atoms with Gasteiger partial charge in [-0.05, 0) is 50.2 Å². The molecule has 0 spiro atoms. The molecule has 0 atom stereocenters. The van der Waals surface area contributed by atoms with Gasteiger partial charge in [-0.1, -0.05) is 0 Å². The molecule has 0 aliphatic rings. The number of anilines is 2. The second kappa shape index (κ2) is 9.28. The highest BCUT2D eigenvalue weighted by atomic mass is 32.1. The van der Waals surface area contributed by atoms with Crippen molar-refractivity contribution in [3.05, 3.63) is 59.2 Å². The molecule has 27 heavy (non-hydrogen) atoms. The Kier molecular flexibility index (Phi) is 6.54. The summed E-state index contributed by atoms with van der Waals surface area (Å²) < 4.78 is 0. The van der Waals surface area contributed by atoms with Gasteiger partial charge in [0, 0.05) is 60.6 Å². The van der Waals surface area contributed by atoms with Crippen molar-refractivity contribution in [2.75, 3.05) is 23.3 Å². The Morgan fingerprint density at radius 2 is 1.78 bits per heavy atom. The van der Waals surface area contributed by atoms with Crippen LogP contribution in [0.1, 0.15) is 25.3 Å². The van der Waals surface area contributed by atoms with Crippen LogP contribution in [-0.4, -0.2) is 29.0 Å². The fraction of sp³-hybridized carbons (Fsp3) is 0.286. The number of nitrogens with one attached hydrogen (secondary N) is 1. The maximum atomic E-state index is 12.2. The fourth-order valence-corrected chi connectivity index (χ4v) is 3.68. The van der Waals surface area contributed by atoms with Gasteiger partial charge in [-0.25, -0.2) is 4.98 Å². The average molecular weight is 381 g/mol. The Balaban J connectivity index is 1.52. The van der Waals surface area contributed by atoms with Gasteiger partial charge >= 0.3 is 0 Å². The fourth-order valence-electron chi connectivity index (χ4n) is 2.87. The molecule has 0 fully saturated rings. The number of rotatable bonds is 8. The van der Waals surface area contributed by atoms with Gasteiger partial charge in [0.05, 0.1) is 10.7 Å². The molecule has 2 heterocycles. The van der Waals surface area contributed by atoms with Crippen LogP contribution in [0.4, 0.5) is 11.4 Å². The molecule has 0 saturated carbocycles. The predicted molar refractivity (Wildman–Crippen MR) is 112 cm³/mol. The van der Waals surface area contributed by atoms with Crippen molar-refractivity contribution in [3.63, 3.8) is 0 Å². The predicted octanol–water partition coefficient (Wildman–Crippen LogP) is 4.62. The van der Waals surface area contributed by atoms with Crippen LogP contribution in [0, 0.1) is 0 Å². The second-order valence-corrected chi connectivity index (χ2v) is 7.07. The number of hydrogen-bond donors (Lipinski definition) is 1. The Bertz CT molecular complexity index is 857. The van der Waals surface area contributed by atoms with Crippen LogP contribution in [0.3, 0.4) is 0 Å². The number of aromatic nitrogens is 2. The smallest absolute Gasteiger partial charge is 0.224 e. The summed E-state index contributed by atoms with van der Waals surface area (Å²) in [5.74, 6) is 0.00579. The van der Waals surface area contributed by atoms with E-state index in [1.165, 1.54) is 5.69 Å². The summed E-state index contributed by atoms with van der Waals surface area (Å²) in [6.07, 6.45) is 4.57. The second-order valence-electron chi connectivity index (χ2n) is 6.13. The highest BCUT2D eigenvalue weighted by Crippen LogP contribution is 2.22. The van der Waals surface area contributed by atoms with E-state index in [0.717, 1.165) is 35.0 Å². The number of amides is 1. The Morgan fingerprint density at radius 1 is 1.07 bits per heavy atom. The van der Waals surface area contributed by atoms with E-state index in [1.54, 1.807) is 23.7 Å². The minimum atomic E-state index is 0.00579. The van der Waals surface area contributed by atoms with Gasteiger partial charge < -0.3 is 10.2 Å². The van der Waals surface area contributed by atoms with Crippen molar-refractivity contribution in [1.82, 2.24) is 9.97 Å². The number of hydrogen-bond acceptors (Lipinski definition) is 5. The van der Waals surface area contributed by atoms with E-state index in [4.69, 9.17) is 0 Å².